The molecule has 0 amide bonds. The number of thioether (sulfide) groups is 1. The zero-order valence-corrected chi connectivity index (χ0v) is 17.0. The second-order valence-electron chi connectivity index (χ2n) is 6.67. The molecule has 28 heavy (non-hydrogen) atoms. The predicted octanol–water partition coefficient (Wildman–Crippen LogP) is 6.62. The monoisotopic (exact) mass is 402 g/mol. The smallest absolute Gasteiger partial charge is 0.245 e. The van der Waals surface area contributed by atoms with Crippen LogP contribution in [0.1, 0.15) is 18.1 Å². The normalized spacial score (nSPS) is 12.8. The fourth-order valence-electron chi connectivity index (χ4n) is 3.64. The maximum Gasteiger partial charge on any atom is 0.245 e. The predicted molar refractivity (Wildman–Crippen MR) is 120 cm³/mol. The Morgan fingerprint density at radius 1 is 0.964 bits per heavy atom. The fraction of sp³-hybridized carbons (Fsp3) is 0.130. The van der Waals surface area contributed by atoms with E-state index in [1.165, 1.54) is 0 Å². The fourth-order valence-corrected chi connectivity index (χ4v) is 5.91. The summed E-state index contributed by atoms with van der Waals surface area (Å²) in [7, 11) is 0. The van der Waals surface area contributed by atoms with E-state index in [1.807, 2.05) is 59.2 Å². The molecule has 5 heteroatoms. The van der Waals surface area contributed by atoms with Crippen molar-refractivity contribution in [1.82, 2.24) is 9.55 Å². The zero-order valence-electron chi connectivity index (χ0n) is 15.3. The molecule has 0 aliphatic carbocycles. The first kappa shape index (κ1) is 17.5. The summed E-state index contributed by atoms with van der Waals surface area (Å²) in [6.45, 7) is 2.07. The number of para-hydroxylation sites is 3. The number of nitrogens with zero attached hydrogens (tertiary/aromatic N) is 2. The third-order valence-electron chi connectivity index (χ3n) is 4.96. The average molecular weight is 403 g/mol. The summed E-state index contributed by atoms with van der Waals surface area (Å²) in [4.78, 5) is 18.3. The van der Waals surface area contributed by atoms with Crippen molar-refractivity contribution in [3.8, 4) is 0 Å². The number of rotatable bonds is 4. The van der Waals surface area contributed by atoms with Crippen molar-refractivity contribution in [2.75, 3.05) is 0 Å². The highest BCUT2D eigenvalue weighted by molar-refractivity contribution is 8.02. The van der Waals surface area contributed by atoms with Gasteiger partial charge in [0.15, 0.2) is 4.34 Å². The van der Waals surface area contributed by atoms with Crippen LogP contribution in [0.5, 0.6) is 0 Å². The van der Waals surface area contributed by atoms with E-state index < -0.39 is 0 Å². The summed E-state index contributed by atoms with van der Waals surface area (Å²) < 4.78 is 3.99. The minimum absolute atomic E-state index is 0.115. The van der Waals surface area contributed by atoms with Crippen LogP contribution < -0.4 is 0 Å². The summed E-state index contributed by atoms with van der Waals surface area (Å²) in [5, 5.41) is 2.05. The topological polar surface area (TPSA) is 34.9 Å². The Kier molecular flexibility index (Phi) is 4.41. The first-order chi connectivity index (χ1) is 13.8. The number of aromatic nitrogens is 2. The molecule has 3 nitrogen and oxygen atoms in total. The molecular formula is C23H18N2OS2. The van der Waals surface area contributed by atoms with Crippen LogP contribution in [0.25, 0.3) is 32.0 Å². The van der Waals surface area contributed by atoms with E-state index in [0.29, 0.717) is 0 Å². The number of hydrogen-bond donors (Lipinski definition) is 0. The number of benzene rings is 3. The van der Waals surface area contributed by atoms with Gasteiger partial charge < -0.3 is 0 Å². The number of thiazole rings is 1. The molecule has 0 spiro atoms. The van der Waals surface area contributed by atoms with Crippen LogP contribution in [0, 0.1) is 0 Å². The second-order valence-corrected chi connectivity index (χ2v) is 9.15. The first-order valence-corrected chi connectivity index (χ1v) is 11.0. The summed E-state index contributed by atoms with van der Waals surface area (Å²) in [5.41, 5.74) is 2.93. The lowest BCUT2D eigenvalue weighted by atomic mass is 10.2. The van der Waals surface area contributed by atoms with Crippen molar-refractivity contribution >= 4 is 61.0 Å². The van der Waals surface area contributed by atoms with Crippen molar-refractivity contribution in [1.29, 1.82) is 0 Å². The van der Waals surface area contributed by atoms with Crippen molar-refractivity contribution < 1.29 is 4.79 Å². The third kappa shape index (κ3) is 2.82. The molecule has 5 aromatic rings. The second kappa shape index (κ2) is 7.08. The highest BCUT2D eigenvalue weighted by Gasteiger charge is 2.25. The maximum absolute atomic E-state index is 13.6. The van der Waals surface area contributed by atoms with Crippen LogP contribution in [-0.4, -0.2) is 20.7 Å². The van der Waals surface area contributed by atoms with E-state index in [2.05, 4.69) is 25.1 Å². The molecule has 0 N–H and O–H groups in total. The van der Waals surface area contributed by atoms with Gasteiger partial charge in [-0.05, 0) is 30.7 Å². The summed E-state index contributed by atoms with van der Waals surface area (Å²) in [5.74, 6) is 0.115. The van der Waals surface area contributed by atoms with Crippen molar-refractivity contribution in [2.45, 2.75) is 22.9 Å². The van der Waals surface area contributed by atoms with E-state index >= 15 is 0 Å². The van der Waals surface area contributed by atoms with Crippen molar-refractivity contribution in [3.05, 3.63) is 72.8 Å². The number of fused-ring (bicyclic) bond motifs is 4. The Balaban J connectivity index is 1.58. The number of carbonyl (C=O) groups is 1. The molecule has 1 atom stereocenters. The quantitative estimate of drug-likeness (QED) is 0.317. The highest BCUT2D eigenvalue weighted by Crippen LogP contribution is 2.35. The molecule has 3 aromatic carbocycles. The largest absolute Gasteiger partial charge is 0.279 e. The van der Waals surface area contributed by atoms with Gasteiger partial charge in [0, 0.05) is 10.8 Å². The summed E-state index contributed by atoms with van der Waals surface area (Å²) in [6, 6.07) is 24.4. The molecule has 2 aromatic heterocycles. The van der Waals surface area contributed by atoms with E-state index in [1.54, 1.807) is 23.1 Å². The van der Waals surface area contributed by atoms with Gasteiger partial charge in [0.25, 0.3) is 0 Å². The Hall–Kier alpha value is -2.63. The van der Waals surface area contributed by atoms with Gasteiger partial charge in [-0.2, -0.15) is 0 Å². The van der Waals surface area contributed by atoms with E-state index in [4.69, 9.17) is 4.98 Å². The van der Waals surface area contributed by atoms with Gasteiger partial charge in [-0.3, -0.25) is 9.36 Å². The molecule has 0 saturated heterocycles. The Morgan fingerprint density at radius 3 is 2.21 bits per heavy atom. The SMILES string of the molecule is CCC(Sc1nc2ccccc2s1)C(=O)n1c2ccccc2c2ccccc21. The highest BCUT2D eigenvalue weighted by atomic mass is 32.2. The minimum atomic E-state index is -0.181. The minimum Gasteiger partial charge on any atom is -0.279 e. The third-order valence-corrected chi connectivity index (χ3v) is 7.45. The lowest BCUT2D eigenvalue weighted by molar-refractivity contribution is 0.0919. The molecule has 0 saturated carbocycles. The molecule has 138 valence electrons. The van der Waals surface area contributed by atoms with Crippen LogP contribution in [0.2, 0.25) is 0 Å². The van der Waals surface area contributed by atoms with Crippen molar-refractivity contribution in [3.63, 3.8) is 0 Å². The van der Waals surface area contributed by atoms with E-state index in [-0.39, 0.29) is 11.2 Å². The molecule has 0 fully saturated rings. The van der Waals surface area contributed by atoms with E-state index in [9.17, 15) is 4.79 Å². The van der Waals surface area contributed by atoms with Crippen LogP contribution in [0.4, 0.5) is 0 Å². The molecular weight excluding hydrogens is 384 g/mol. The molecule has 0 aliphatic rings. The molecule has 0 bridgehead atoms. The van der Waals surface area contributed by atoms with Gasteiger partial charge >= 0.3 is 0 Å². The van der Waals surface area contributed by atoms with Gasteiger partial charge in [-0.1, -0.05) is 67.2 Å². The van der Waals surface area contributed by atoms with Crippen LogP contribution in [-0.2, 0) is 0 Å². The Labute approximate surface area is 171 Å². The summed E-state index contributed by atoms with van der Waals surface area (Å²) in [6.07, 6.45) is 0.750. The summed E-state index contributed by atoms with van der Waals surface area (Å²) >= 11 is 3.23. The maximum atomic E-state index is 13.6. The van der Waals surface area contributed by atoms with Gasteiger partial charge in [0.2, 0.25) is 5.91 Å². The standard InChI is InChI=1S/C23H18N2OS2/c1-2-20(27-23-24-17-11-5-8-14-21(17)28-23)22(26)25-18-12-6-3-9-15(18)16-10-4-7-13-19(16)25/h3-14,20H,2H2,1H3. The van der Waals surface area contributed by atoms with Gasteiger partial charge in [0.05, 0.1) is 26.5 Å². The Morgan fingerprint density at radius 2 is 1.57 bits per heavy atom. The average Bonchev–Trinajstić information content (AvgIpc) is 3.30. The molecule has 0 aliphatic heterocycles. The molecule has 0 radical (unpaired) electrons. The van der Waals surface area contributed by atoms with Gasteiger partial charge in [-0.15, -0.1) is 11.3 Å². The Bertz CT molecular complexity index is 1230. The molecule has 1 unspecified atom stereocenters. The van der Waals surface area contributed by atoms with Crippen molar-refractivity contribution in [2.24, 2.45) is 0 Å². The number of carbonyl (C=O) groups excluding carboxylic acids is 1. The number of hydrogen-bond acceptors (Lipinski definition) is 4. The lowest BCUT2D eigenvalue weighted by Crippen LogP contribution is -2.23. The van der Waals surface area contributed by atoms with E-state index in [0.717, 1.165) is 42.8 Å². The van der Waals surface area contributed by atoms with Crippen LogP contribution in [0.15, 0.2) is 77.1 Å². The zero-order chi connectivity index (χ0) is 19.1. The van der Waals surface area contributed by atoms with Crippen LogP contribution in [0.3, 0.4) is 0 Å². The lowest BCUT2D eigenvalue weighted by Gasteiger charge is -2.14. The molecule has 2 heterocycles. The van der Waals surface area contributed by atoms with Crippen LogP contribution >= 0.6 is 23.1 Å². The van der Waals surface area contributed by atoms with Gasteiger partial charge in [0.1, 0.15) is 0 Å². The molecule has 5 rings (SSSR count). The van der Waals surface area contributed by atoms with Gasteiger partial charge in [-0.25, -0.2) is 4.98 Å². The first-order valence-electron chi connectivity index (χ1n) is 9.31.